The lowest BCUT2D eigenvalue weighted by Crippen LogP contribution is -1.98. The Morgan fingerprint density at radius 2 is 2.11 bits per heavy atom. The summed E-state index contributed by atoms with van der Waals surface area (Å²) in [5, 5.41) is 12.4. The largest absolute Gasteiger partial charge is 0.340 e. The molecule has 94 valence electrons. The average molecular weight is 270 g/mol. The van der Waals surface area contributed by atoms with Gasteiger partial charge in [0.05, 0.1) is 5.56 Å². The van der Waals surface area contributed by atoms with Gasteiger partial charge < -0.3 is 5.32 Å². The molecule has 1 aromatic heterocycles. The lowest BCUT2D eigenvalue weighted by Gasteiger charge is -2.11. The van der Waals surface area contributed by atoms with Gasteiger partial charge >= 0.3 is 0 Å². The fraction of sp³-hybridized carbons (Fsp3) is 0.200. The van der Waals surface area contributed by atoms with Crippen LogP contribution in [0.3, 0.4) is 0 Å². The number of hydrogen-bond acceptors (Lipinski definition) is 3. The number of halogens is 1. The van der Waals surface area contributed by atoms with E-state index in [2.05, 4.69) is 28.5 Å². The molecule has 1 N–H and O–H groups in total. The molecule has 19 heavy (non-hydrogen) atoms. The van der Waals surface area contributed by atoms with Crippen LogP contribution in [0.1, 0.15) is 23.1 Å². The van der Waals surface area contributed by atoms with E-state index < -0.39 is 0 Å². The molecule has 1 heterocycles. The molecule has 1 aliphatic carbocycles. The van der Waals surface area contributed by atoms with Crippen molar-refractivity contribution in [2.24, 2.45) is 0 Å². The highest BCUT2D eigenvalue weighted by atomic mass is 35.5. The molecule has 0 spiro atoms. The van der Waals surface area contributed by atoms with Crippen LogP contribution >= 0.6 is 11.6 Å². The number of benzene rings is 1. The van der Waals surface area contributed by atoms with Crippen molar-refractivity contribution in [1.82, 2.24) is 4.98 Å². The second kappa shape index (κ2) is 4.91. The van der Waals surface area contributed by atoms with Crippen LogP contribution in [0.4, 0.5) is 11.5 Å². The highest BCUT2D eigenvalue weighted by Crippen LogP contribution is 2.30. The van der Waals surface area contributed by atoms with E-state index in [0.29, 0.717) is 11.4 Å². The van der Waals surface area contributed by atoms with Gasteiger partial charge in [-0.3, -0.25) is 0 Å². The third kappa shape index (κ3) is 2.27. The van der Waals surface area contributed by atoms with Gasteiger partial charge in [-0.25, -0.2) is 4.98 Å². The Morgan fingerprint density at radius 1 is 1.21 bits per heavy atom. The van der Waals surface area contributed by atoms with Crippen LogP contribution in [0, 0.1) is 11.3 Å². The highest BCUT2D eigenvalue weighted by molar-refractivity contribution is 6.30. The number of rotatable bonds is 2. The standard InChI is InChI=1S/C15H12ClN3/c16-15-11(9-17)7-8-14(19-15)18-13-6-2-4-10-3-1-5-12(10)13/h2,4,6-8H,1,3,5H2,(H,18,19). The maximum Gasteiger partial charge on any atom is 0.149 e. The van der Waals surface area contributed by atoms with E-state index in [9.17, 15) is 0 Å². The van der Waals surface area contributed by atoms with E-state index >= 15 is 0 Å². The summed E-state index contributed by atoms with van der Waals surface area (Å²) in [4.78, 5) is 4.20. The fourth-order valence-corrected chi connectivity index (χ4v) is 2.66. The van der Waals surface area contributed by atoms with Gasteiger partial charge in [0.15, 0.2) is 0 Å². The van der Waals surface area contributed by atoms with Crippen molar-refractivity contribution < 1.29 is 0 Å². The minimum absolute atomic E-state index is 0.236. The quantitative estimate of drug-likeness (QED) is 0.843. The zero-order valence-electron chi connectivity index (χ0n) is 10.3. The molecule has 0 fully saturated rings. The lowest BCUT2D eigenvalue weighted by atomic mass is 10.1. The lowest BCUT2D eigenvalue weighted by molar-refractivity contribution is 0.912. The summed E-state index contributed by atoms with van der Waals surface area (Å²) in [6.07, 6.45) is 3.45. The van der Waals surface area contributed by atoms with Crippen LogP contribution in [-0.2, 0) is 12.8 Å². The smallest absolute Gasteiger partial charge is 0.149 e. The van der Waals surface area contributed by atoms with Crippen LogP contribution in [0.25, 0.3) is 0 Å². The van der Waals surface area contributed by atoms with Crippen molar-refractivity contribution in [3.8, 4) is 6.07 Å². The molecule has 3 nitrogen and oxygen atoms in total. The number of nitriles is 1. The summed E-state index contributed by atoms with van der Waals surface area (Å²) in [6, 6.07) is 11.7. The summed E-state index contributed by atoms with van der Waals surface area (Å²) in [6.45, 7) is 0. The number of fused-ring (bicyclic) bond motifs is 1. The number of aromatic nitrogens is 1. The van der Waals surface area contributed by atoms with Gasteiger partial charge in [0, 0.05) is 5.69 Å². The van der Waals surface area contributed by atoms with Crippen LogP contribution in [-0.4, -0.2) is 4.98 Å². The van der Waals surface area contributed by atoms with Gasteiger partial charge in [0.25, 0.3) is 0 Å². The van der Waals surface area contributed by atoms with Gasteiger partial charge in [0.1, 0.15) is 17.0 Å². The van der Waals surface area contributed by atoms with E-state index in [4.69, 9.17) is 16.9 Å². The molecule has 0 aliphatic heterocycles. The molecule has 0 atom stereocenters. The molecule has 1 aromatic carbocycles. The third-order valence-corrected chi connectivity index (χ3v) is 3.67. The predicted molar refractivity (Wildman–Crippen MR) is 75.7 cm³/mol. The summed E-state index contributed by atoms with van der Waals surface area (Å²) < 4.78 is 0. The summed E-state index contributed by atoms with van der Waals surface area (Å²) in [5.74, 6) is 0.671. The van der Waals surface area contributed by atoms with Crippen LogP contribution in [0.2, 0.25) is 5.15 Å². The molecule has 2 aromatic rings. The highest BCUT2D eigenvalue weighted by Gasteiger charge is 2.14. The van der Waals surface area contributed by atoms with Crippen molar-refractivity contribution in [3.05, 3.63) is 52.2 Å². The van der Waals surface area contributed by atoms with Crippen molar-refractivity contribution in [1.29, 1.82) is 5.26 Å². The number of pyridine rings is 1. The van der Waals surface area contributed by atoms with Gasteiger partial charge in [-0.2, -0.15) is 5.26 Å². The zero-order valence-corrected chi connectivity index (χ0v) is 11.0. The van der Waals surface area contributed by atoms with Crippen molar-refractivity contribution >= 4 is 23.1 Å². The first kappa shape index (κ1) is 12.0. The Hall–Kier alpha value is -2.05. The maximum atomic E-state index is 8.83. The Labute approximate surface area is 116 Å². The second-order valence-electron chi connectivity index (χ2n) is 4.57. The molecule has 1 aliphatic rings. The first-order valence-electron chi connectivity index (χ1n) is 6.22. The van der Waals surface area contributed by atoms with Crippen molar-refractivity contribution in [2.45, 2.75) is 19.3 Å². The van der Waals surface area contributed by atoms with Crippen molar-refractivity contribution in [2.75, 3.05) is 5.32 Å². The van der Waals surface area contributed by atoms with Gasteiger partial charge in [-0.1, -0.05) is 23.7 Å². The van der Waals surface area contributed by atoms with E-state index in [1.807, 2.05) is 6.07 Å². The number of aryl methyl sites for hydroxylation is 1. The van der Waals surface area contributed by atoms with E-state index in [1.54, 1.807) is 12.1 Å². The fourth-order valence-electron chi connectivity index (χ4n) is 2.46. The van der Waals surface area contributed by atoms with E-state index in [-0.39, 0.29) is 5.15 Å². The molecule has 0 saturated heterocycles. The van der Waals surface area contributed by atoms with Gasteiger partial charge in [-0.05, 0) is 48.6 Å². The number of anilines is 2. The first-order chi connectivity index (χ1) is 9.28. The number of hydrogen-bond donors (Lipinski definition) is 1. The second-order valence-corrected chi connectivity index (χ2v) is 4.93. The number of nitrogens with zero attached hydrogens (tertiary/aromatic N) is 2. The third-order valence-electron chi connectivity index (χ3n) is 3.38. The molecule has 0 unspecified atom stereocenters. The van der Waals surface area contributed by atoms with E-state index in [0.717, 1.165) is 18.5 Å². The molecular formula is C15H12ClN3. The van der Waals surface area contributed by atoms with Crippen LogP contribution < -0.4 is 5.32 Å². The molecular weight excluding hydrogens is 258 g/mol. The van der Waals surface area contributed by atoms with Crippen LogP contribution in [0.15, 0.2) is 30.3 Å². The van der Waals surface area contributed by atoms with Crippen LogP contribution in [0.5, 0.6) is 0 Å². The molecule has 0 radical (unpaired) electrons. The van der Waals surface area contributed by atoms with Gasteiger partial charge in [0.2, 0.25) is 0 Å². The summed E-state index contributed by atoms with van der Waals surface area (Å²) in [7, 11) is 0. The molecule has 4 heteroatoms. The van der Waals surface area contributed by atoms with E-state index in [1.165, 1.54) is 17.5 Å². The molecule has 3 rings (SSSR count). The molecule has 0 saturated carbocycles. The Morgan fingerprint density at radius 3 is 2.89 bits per heavy atom. The average Bonchev–Trinajstić information content (AvgIpc) is 2.88. The molecule has 0 bridgehead atoms. The Kier molecular flexibility index (Phi) is 3.10. The summed E-state index contributed by atoms with van der Waals surface area (Å²) >= 11 is 5.94. The van der Waals surface area contributed by atoms with Crippen molar-refractivity contribution in [3.63, 3.8) is 0 Å². The first-order valence-corrected chi connectivity index (χ1v) is 6.60. The minimum atomic E-state index is 0.236. The Bertz CT molecular complexity index is 674. The minimum Gasteiger partial charge on any atom is -0.340 e. The zero-order chi connectivity index (χ0) is 13.2. The van der Waals surface area contributed by atoms with Gasteiger partial charge in [-0.15, -0.1) is 0 Å². The Balaban J connectivity index is 1.92. The number of nitrogens with one attached hydrogen (secondary N) is 1. The normalized spacial score (nSPS) is 12.8. The molecule has 0 amide bonds. The predicted octanol–water partition coefficient (Wildman–Crippen LogP) is 3.84. The SMILES string of the molecule is N#Cc1ccc(Nc2cccc3c2CCC3)nc1Cl. The maximum absolute atomic E-state index is 8.83. The monoisotopic (exact) mass is 269 g/mol. The summed E-state index contributed by atoms with van der Waals surface area (Å²) in [5.41, 5.74) is 4.25. The topological polar surface area (TPSA) is 48.7 Å².